The molecule has 2 heterocycles. The summed E-state index contributed by atoms with van der Waals surface area (Å²) in [5, 5.41) is 14.7. The molecule has 1 atom stereocenters. The highest BCUT2D eigenvalue weighted by Crippen LogP contribution is 2.42. The summed E-state index contributed by atoms with van der Waals surface area (Å²) in [6.07, 6.45) is 0.0744. The standard InChI is InChI=1S/C22H27N3O5S.ClH/c1-25(2)11-13-5-6-18-14(7-13)9-19(24-18)16-8-15(12-29-3)21(30-31(4,27)28)17-10-23-22(26)20(16)17;/h5-9,22-24,26H,10-12H2,1-4H3;1H. The van der Waals surface area contributed by atoms with E-state index in [1.165, 1.54) is 5.56 Å². The van der Waals surface area contributed by atoms with Crippen molar-refractivity contribution in [3.8, 4) is 17.0 Å². The lowest BCUT2D eigenvalue weighted by Gasteiger charge is -2.17. The number of fused-ring (bicyclic) bond motifs is 2. The fourth-order valence-corrected chi connectivity index (χ4v) is 4.63. The van der Waals surface area contributed by atoms with Gasteiger partial charge in [-0.25, -0.2) is 0 Å². The van der Waals surface area contributed by atoms with Crippen LogP contribution in [-0.4, -0.2) is 50.9 Å². The van der Waals surface area contributed by atoms with E-state index in [2.05, 4.69) is 27.3 Å². The Labute approximate surface area is 194 Å². The number of aromatic amines is 1. The fourth-order valence-electron chi connectivity index (χ4n) is 4.12. The van der Waals surface area contributed by atoms with Gasteiger partial charge in [0.15, 0.2) is 5.75 Å². The first-order valence-electron chi connectivity index (χ1n) is 9.91. The molecule has 10 heteroatoms. The van der Waals surface area contributed by atoms with Crippen LogP contribution >= 0.6 is 12.4 Å². The monoisotopic (exact) mass is 481 g/mol. The predicted octanol–water partition coefficient (Wildman–Crippen LogP) is 2.90. The van der Waals surface area contributed by atoms with Gasteiger partial charge in [0.25, 0.3) is 0 Å². The number of aliphatic hydroxyl groups is 1. The van der Waals surface area contributed by atoms with Crippen molar-refractivity contribution in [2.45, 2.75) is 25.9 Å². The van der Waals surface area contributed by atoms with E-state index in [0.29, 0.717) is 23.2 Å². The second kappa shape index (κ2) is 9.38. The van der Waals surface area contributed by atoms with Crippen LogP contribution in [0.25, 0.3) is 22.2 Å². The third-order valence-corrected chi connectivity index (χ3v) is 5.72. The van der Waals surface area contributed by atoms with Crippen molar-refractivity contribution in [1.29, 1.82) is 0 Å². The van der Waals surface area contributed by atoms with Crippen LogP contribution in [0.2, 0.25) is 0 Å². The summed E-state index contributed by atoms with van der Waals surface area (Å²) >= 11 is 0. The number of nitrogens with zero attached hydrogens (tertiary/aromatic N) is 1. The smallest absolute Gasteiger partial charge is 0.306 e. The van der Waals surface area contributed by atoms with Gasteiger partial charge in [-0.05, 0) is 43.9 Å². The zero-order valence-electron chi connectivity index (χ0n) is 18.4. The number of halogens is 1. The molecule has 0 fully saturated rings. The number of H-pyrrole nitrogens is 1. The van der Waals surface area contributed by atoms with Crippen molar-refractivity contribution in [2.24, 2.45) is 0 Å². The minimum atomic E-state index is -3.75. The molecular weight excluding hydrogens is 454 g/mol. The van der Waals surface area contributed by atoms with Gasteiger partial charge in [0, 0.05) is 59.0 Å². The fraction of sp³-hybridized carbons (Fsp3) is 0.364. The number of ether oxygens (including phenoxy) is 1. The maximum absolute atomic E-state index is 11.9. The minimum absolute atomic E-state index is 0. The Morgan fingerprint density at radius 1 is 1.22 bits per heavy atom. The van der Waals surface area contributed by atoms with Crippen LogP contribution in [0.4, 0.5) is 0 Å². The van der Waals surface area contributed by atoms with Gasteiger partial charge in [0.1, 0.15) is 6.23 Å². The largest absolute Gasteiger partial charge is 0.382 e. The molecular formula is C22H28ClN3O5S. The lowest BCUT2D eigenvalue weighted by atomic mass is 9.95. The molecule has 0 radical (unpaired) electrons. The molecule has 1 aliphatic rings. The Morgan fingerprint density at radius 3 is 2.62 bits per heavy atom. The number of aromatic nitrogens is 1. The second-order valence-corrected chi connectivity index (χ2v) is 9.73. The molecule has 32 heavy (non-hydrogen) atoms. The average Bonchev–Trinajstić information content (AvgIpc) is 3.26. The SMILES string of the molecule is COCc1cc(-c2cc3cc(CN(C)C)ccc3[nH]2)c2c(c1OS(C)(=O)=O)CNC2O.Cl. The molecule has 1 aliphatic heterocycles. The summed E-state index contributed by atoms with van der Waals surface area (Å²) in [4.78, 5) is 5.54. The number of rotatable bonds is 7. The molecule has 8 nitrogen and oxygen atoms in total. The number of methoxy groups -OCH3 is 1. The molecule has 2 aromatic carbocycles. The number of hydrogen-bond donors (Lipinski definition) is 3. The van der Waals surface area contributed by atoms with Gasteiger partial charge in [-0.15, -0.1) is 12.4 Å². The summed E-state index contributed by atoms with van der Waals surface area (Å²) in [7, 11) is 1.85. The van der Waals surface area contributed by atoms with Gasteiger partial charge in [-0.3, -0.25) is 5.32 Å². The Morgan fingerprint density at radius 2 is 1.97 bits per heavy atom. The molecule has 174 valence electrons. The van der Waals surface area contributed by atoms with Crippen molar-refractivity contribution in [1.82, 2.24) is 15.2 Å². The van der Waals surface area contributed by atoms with E-state index >= 15 is 0 Å². The lowest BCUT2D eigenvalue weighted by molar-refractivity contribution is 0.152. The van der Waals surface area contributed by atoms with Crippen molar-refractivity contribution < 1.29 is 22.4 Å². The van der Waals surface area contributed by atoms with Crippen LogP contribution < -0.4 is 9.50 Å². The van der Waals surface area contributed by atoms with E-state index in [0.717, 1.165) is 35.0 Å². The highest BCUT2D eigenvalue weighted by Gasteiger charge is 2.31. The third kappa shape index (κ3) is 4.93. The maximum Gasteiger partial charge on any atom is 0.306 e. The van der Waals surface area contributed by atoms with Crippen molar-refractivity contribution in [3.63, 3.8) is 0 Å². The van der Waals surface area contributed by atoms with Gasteiger partial charge in [0.05, 0.1) is 12.9 Å². The molecule has 1 unspecified atom stereocenters. The van der Waals surface area contributed by atoms with E-state index in [4.69, 9.17) is 8.92 Å². The Bertz CT molecular complexity index is 1240. The molecule has 3 N–H and O–H groups in total. The van der Waals surface area contributed by atoms with E-state index in [-0.39, 0.29) is 24.8 Å². The molecule has 0 saturated heterocycles. The molecule has 0 saturated carbocycles. The quantitative estimate of drug-likeness (QED) is 0.446. The number of hydrogen-bond acceptors (Lipinski definition) is 7. The minimum Gasteiger partial charge on any atom is -0.382 e. The first-order chi connectivity index (χ1) is 14.7. The second-order valence-electron chi connectivity index (χ2n) is 8.15. The average molecular weight is 482 g/mol. The summed E-state index contributed by atoms with van der Waals surface area (Å²) in [6.45, 7) is 1.30. The predicted molar refractivity (Wildman–Crippen MR) is 126 cm³/mol. The molecule has 4 rings (SSSR count). The van der Waals surface area contributed by atoms with Crippen LogP contribution in [-0.2, 0) is 34.6 Å². The maximum atomic E-state index is 11.9. The van der Waals surface area contributed by atoms with Crippen molar-refractivity contribution in [2.75, 3.05) is 27.5 Å². The summed E-state index contributed by atoms with van der Waals surface area (Å²) in [6, 6.07) is 10.1. The van der Waals surface area contributed by atoms with E-state index < -0.39 is 16.3 Å². The molecule has 0 amide bonds. The van der Waals surface area contributed by atoms with Gasteiger partial charge in [0.2, 0.25) is 0 Å². The Kier molecular flexibility index (Phi) is 7.18. The zero-order valence-corrected chi connectivity index (χ0v) is 20.1. The molecule has 3 aromatic rings. The Balaban J connectivity index is 0.00000289. The number of nitrogens with one attached hydrogen (secondary N) is 2. The number of benzene rings is 2. The van der Waals surface area contributed by atoms with Crippen molar-refractivity contribution >= 4 is 33.4 Å². The van der Waals surface area contributed by atoms with E-state index in [1.807, 2.05) is 32.3 Å². The summed E-state index contributed by atoms with van der Waals surface area (Å²) in [5.41, 5.74) is 5.63. The normalized spacial score (nSPS) is 15.8. The summed E-state index contributed by atoms with van der Waals surface area (Å²) < 4.78 is 34.3. The number of aliphatic hydroxyl groups excluding tert-OH is 1. The first kappa shape index (κ1) is 24.5. The summed E-state index contributed by atoms with van der Waals surface area (Å²) in [5.74, 6) is 0.219. The highest BCUT2D eigenvalue weighted by atomic mass is 35.5. The zero-order chi connectivity index (χ0) is 22.3. The Hall–Kier alpha value is -2.14. The van der Waals surface area contributed by atoms with E-state index in [1.54, 1.807) is 7.11 Å². The van der Waals surface area contributed by atoms with Crippen LogP contribution in [0.5, 0.6) is 5.75 Å². The molecule has 0 spiro atoms. The van der Waals surface area contributed by atoms with Crippen LogP contribution in [0.3, 0.4) is 0 Å². The van der Waals surface area contributed by atoms with Crippen molar-refractivity contribution in [3.05, 3.63) is 52.6 Å². The highest BCUT2D eigenvalue weighted by molar-refractivity contribution is 7.86. The first-order valence-corrected chi connectivity index (χ1v) is 11.7. The van der Waals surface area contributed by atoms with Gasteiger partial charge >= 0.3 is 10.1 Å². The molecule has 1 aromatic heterocycles. The topological polar surface area (TPSA) is 104 Å². The van der Waals surface area contributed by atoms with Gasteiger partial charge < -0.3 is 23.9 Å². The van der Waals surface area contributed by atoms with Gasteiger partial charge in [-0.2, -0.15) is 8.42 Å². The van der Waals surface area contributed by atoms with Crippen LogP contribution in [0.15, 0.2) is 30.3 Å². The van der Waals surface area contributed by atoms with Crippen LogP contribution in [0, 0.1) is 0 Å². The lowest BCUT2D eigenvalue weighted by Crippen LogP contribution is -2.11. The van der Waals surface area contributed by atoms with E-state index in [9.17, 15) is 13.5 Å². The molecule has 0 bridgehead atoms. The van der Waals surface area contributed by atoms with Gasteiger partial charge in [-0.1, -0.05) is 6.07 Å². The van der Waals surface area contributed by atoms with Crippen LogP contribution in [0.1, 0.15) is 28.5 Å². The third-order valence-electron chi connectivity index (χ3n) is 5.25. The molecule has 0 aliphatic carbocycles.